The highest BCUT2D eigenvalue weighted by atomic mass is 19.1. The van der Waals surface area contributed by atoms with Gasteiger partial charge in [-0.15, -0.1) is 0 Å². The zero-order valence-electron chi connectivity index (χ0n) is 8.29. The third-order valence-corrected chi connectivity index (χ3v) is 2.06. The molecule has 1 rings (SSSR count). The zero-order valence-corrected chi connectivity index (χ0v) is 8.29. The average Bonchev–Trinajstić information content (AvgIpc) is 2.28. The Hall–Kier alpha value is -1.82. The Morgan fingerprint density at radius 1 is 1.50 bits per heavy atom. The van der Waals surface area contributed by atoms with Crippen LogP contribution in [0.2, 0.25) is 0 Å². The van der Waals surface area contributed by atoms with Crippen LogP contribution in [0.5, 0.6) is 0 Å². The van der Waals surface area contributed by atoms with Gasteiger partial charge in [0.15, 0.2) is 0 Å². The number of hydrogen-bond acceptors (Lipinski definition) is 4. The van der Waals surface area contributed by atoms with Crippen LogP contribution < -0.4 is 5.73 Å². The fraction of sp³-hybridized carbons (Fsp3) is 0.333. The molecule has 0 fully saturated rings. The summed E-state index contributed by atoms with van der Waals surface area (Å²) in [6.45, 7) is -0.269. The standard InChI is InChI=1S/C9H11FN4O2/c10-6-2-1-5(3-7(6)11)9(16)8(15)4-13-14-12/h1-3,8-9,15-16H,4,11H2. The lowest BCUT2D eigenvalue weighted by molar-refractivity contribution is 0.0244. The number of nitrogens with zero attached hydrogens (tertiary/aromatic N) is 3. The van der Waals surface area contributed by atoms with Crippen molar-refractivity contribution < 1.29 is 14.6 Å². The van der Waals surface area contributed by atoms with Gasteiger partial charge < -0.3 is 15.9 Å². The number of anilines is 1. The van der Waals surface area contributed by atoms with Crippen LogP contribution >= 0.6 is 0 Å². The first kappa shape index (κ1) is 12.3. The van der Waals surface area contributed by atoms with Crippen molar-refractivity contribution in [2.24, 2.45) is 5.11 Å². The molecule has 2 unspecified atom stereocenters. The number of nitrogens with two attached hydrogens (primary N) is 1. The maximum atomic E-state index is 12.8. The molecular formula is C9H11FN4O2. The molecule has 7 heteroatoms. The summed E-state index contributed by atoms with van der Waals surface area (Å²) in [5.41, 5.74) is 13.5. The minimum Gasteiger partial charge on any atom is -0.396 e. The minimum atomic E-state index is -1.27. The van der Waals surface area contributed by atoms with Gasteiger partial charge in [0.05, 0.1) is 18.3 Å². The molecule has 0 aliphatic rings. The summed E-state index contributed by atoms with van der Waals surface area (Å²) < 4.78 is 12.8. The SMILES string of the molecule is [N-]=[N+]=NCC(O)C(O)c1ccc(F)c(N)c1. The zero-order chi connectivity index (χ0) is 12.1. The Morgan fingerprint density at radius 2 is 2.19 bits per heavy atom. The van der Waals surface area contributed by atoms with E-state index in [0.29, 0.717) is 0 Å². The van der Waals surface area contributed by atoms with Crippen LogP contribution in [0.25, 0.3) is 10.4 Å². The predicted octanol–water partition coefficient (Wildman–Crippen LogP) is 1.11. The second-order valence-electron chi connectivity index (χ2n) is 3.21. The van der Waals surface area contributed by atoms with Crippen LogP contribution in [-0.2, 0) is 0 Å². The third kappa shape index (κ3) is 2.83. The summed E-state index contributed by atoms with van der Waals surface area (Å²) in [6.07, 6.45) is -2.52. The number of aliphatic hydroxyl groups excluding tert-OH is 2. The molecule has 0 amide bonds. The van der Waals surface area contributed by atoms with Gasteiger partial charge in [0.25, 0.3) is 0 Å². The van der Waals surface area contributed by atoms with E-state index in [-0.39, 0.29) is 17.8 Å². The van der Waals surface area contributed by atoms with Crippen molar-refractivity contribution >= 4 is 5.69 Å². The van der Waals surface area contributed by atoms with Crippen molar-refractivity contribution in [1.82, 2.24) is 0 Å². The molecule has 1 aromatic carbocycles. The van der Waals surface area contributed by atoms with Crippen LogP contribution in [0.1, 0.15) is 11.7 Å². The van der Waals surface area contributed by atoms with Crippen LogP contribution in [0.4, 0.5) is 10.1 Å². The molecule has 0 saturated carbocycles. The van der Waals surface area contributed by atoms with Crippen molar-refractivity contribution in [3.63, 3.8) is 0 Å². The molecule has 0 aromatic heterocycles. The van der Waals surface area contributed by atoms with E-state index >= 15 is 0 Å². The largest absolute Gasteiger partial charge is 0.396 e. The third-order valence-electron chi connectivity index (χ3n) is 2.06. The Kier molecular flexibility index (Phi) is 4.07. The van der Waals surface area contributed by atoms with Gasteiger partial charge in [-0.25, -0.2) is 4.39 Å². The lowest BCUT2D eigenvalue weighted by Gasteiger charge is -2.16. The number of hydrogen-bond donors (Lipinski definition) is 3. The van der Waals surface area contributed by atoms with Crippen LogP contribution in [0, 0.1) is 5.82 Å². The second kappa shape index (κ2) is 5.32. The Morgan fingerprint density at radius 3 is 2.75 bits per heavy atom. The van der Waals surface area contributed by atoms with Crippen LogP contribution in [-0.4, -0.2) is 22.9 Å². The van der Waals surface area contributed by atoms with E-state index in [9.17, 15) is 14.6 Å². The number of nitrogen functional groups attached to an aromatic ring is 1. The summed E-state index contributed by atoms with van der Waals surface area (Å²) in [7, 11) is 0. The molecule has 4 N–H and O–H groups in total. The molecule has 0 saturated heterocycles. The van der Waals surface area contributed by atoms with E-state index in [2.05, 4.69) is 10.0 Å². The van der Waals surface area contributed by atoms with Crippen molar-refractivity contribution in [2.45, 2.75) is 12.2 Å². The second-order valence-corrected chi connectivity index (χ2v) is 3.21. The average molecular weight is 226 g/mol. The molecule has 0 bridgehead atoms. The Labute approximate surface area is 90.8 Å². The molecule has 0 radical (unpaired) electrons. The van der Waals surface area contributed by atoms with Gasteiger partial charge in [0, 0.05) is 4.91 Å². The fourth-order valence-electron chi connectivity index (χ4n) is 1.19. The molecule has 0 aliphatic carbocycles. The van der Waals surface area contributed by atoms with Gasteiger partial charge in [-0.05, 0) is 23.2 Å². The highest BCUT2D eigenvalue weighted by molar-refractivity contribution is 5.43. The smallest absolute Gasteiger partial charge is 0.146 e. The predicted molar refractivity (Wildman–Crippen MR) is 55.8 cm³/mol. The number of halogens is 1. The molecular weight excluding hydrogens is 215 g/mol. The van der Waals surface area contributed by atoms with Gasteiger partial charge in [0.1, 0.15) is 11.9 Å². The van der Waals surface area contributed by atoms with Crippen molar-refractivity contribution in [3.8, 4) is 0 Å². The Balaban J connectivity index is 2.82. The lowest BCUT2D eigenvalue weighted by atomic mass is 10.0. The summed E-state index contributed by atoms with van der Waals surface area (Å²) in [4.78, 5) is 2.45. The maximum Gasteiger partial charge on any atom is 0.146 e. The van der Waals surface area contributed by atoms with E-state index in [1.54, 1.807) is 0 Å². The summed E-state index contributed by atoms with van der Waals surface area (Å²) in [5.74, 6) is -0.597. The van der Waals surface area contributed by atoms with E-state index in [1.165, 1.54) is 12.1 Å². The first-order valence-corrected chi connectivity index (χ1v) is 4.48. The van der Waals surface area contributed by atoms with Crippen molar-refractivity contribution in [2.75, 3.05) is 12.3 Å². The monoisotopic (exact) mass is 226 g/mol. The lowest BCUT2D eigenvalue weighted by Crippen LogP contribution is -2.21. The van der Waals surface area contributed by atoms with Gasteiger partial charge in [-0.2, -0.15) is 0 Å². The summed E-state index contributed by atoms with van der Waals surface area (Å²) >= 11 is 0. The number of benzene rings is 1. The first-order valence-electron chi connectivity index (χ1n) is 4.48. The topological polar surface area (TPSA) is 115 Å². The molecule has 2 atom stereocenters. The first-order chi connectivity index (χ1) is 7.56. The molecule has 16 heavy (non-hydrogen) atoms. The molecule has 86 valence electrons. The van der Waals surface area contributed by atoms with E-state index < -0.39 is 18.0 Å². The van der Waals surface area contributed by atoms with Gasteiger partial charge in [0.2, 0.25) is 0 Å². The molecule has 6 nitrogen and oxygen atoms in total. The van der Waals surface area contributed by atoms with Crippen LogP contribution in [0.3, 0.4) is 0 Å². The summed E-state index contributed by atoms with van der Waals surface area (Å²) in [6, 6.07) is 3.61. The minimum absolute atomic E-state index is 0.118. The van der Waals surface area contributed by atoms with Crippen molar-refractivity contribution in [3.05, 3.63) is 40.0 Å². The van der Waals surface area contributed by atoms with Crippen LogP contribution in [0.15, 0.2) is 23.3 Å². The molecule has 0 spiro atoms. The summed E-state index contributed by atoms with van der Waals surface area (Å²) in [5, 5.41) is 22.2. The number of aliphatic hydroxyl groups is 2. The molecule has 0 heterocycles. The van der Waals surface area contributed by atoms with Gasteiger partial charge >= 0.3 is 0 Å². The van der Waals surface area contributed by atoms with Gasteiger partial charge in [-0.1, -0.05) is 11.2 Å². The quantitative estimate of drug-likeness (QED) is 0.309. The fourth-order valence-corrected chi connectivity index (χ4v) is 1.19. The van der Waals surface area contributed by atoms with Gasteiger partial charge in [-0.3, -0.25) is 0 Å². The van der Waals surface area contributed by atoms with E-state index in [4.69, 9.17) is 11.3 Å². The van der Waals surface area contributed by atoms with E-state index in [0.717, 1.165) is 6.07 Å². The highest BCUT2D eigenvalue weighted by Crippen LogP contribution is 2.21. The molecule has 1 aromatic rings. The highest BCUT2D eigenvalue weighted by Gasteiger charge is 2.18. The Bertz CT molecular complexity index is 420. The normalized spacial score (nSPS) is 13.9. The number of azide groups is 1. The van der Waals surface area contributed by atoms with E-state index in [1.807, 2.05) is 0 Å². The maximum absolute atomic E-state index is 12.8. The van der Waals surface area contributed by atoms with Crippen molar-refractivity contribution in [1.29, 1.82) is 0 Å². The number of rotatable bonds is 4. The molecule has 0 aliphatic heterocycles.